The van der Waals surface area contributed by atoms with Gasteiger partial charge in [0.05, 0.1) is 17.7 Å². The SMILES string of the molecule is O=C(N[C@@H](CO)C(=O)N1CCN(c2ccccc2)CC1)c1cnc2ccccc2c1. The van der Waals surface area contributed by atoms with Gasteiger partial charge in [0.2, 0.25) is 5.91 Å². The molecule has 2 heterocycles. The average Bonchev–Trinajstić information content (AvgIpc) is 2.82. The predicted molar refractivity (Wildman–Crippen MR) is 115 cm³/mol. The second kappa shape index (κ2) is 8.92. The molecule has 154 valence electrons. The molecule has 0 aliphatic carbocycles. The topological polar surface area (TPSA) is 85.8 Å². The van der Waals surface area contributed by atoms with Crippen LogP contribution in [0.25, 0.3) is 10.9 Å². The number of pyridine rings is 1. The number of piperazine rings is 1. The summed E-state index contributed by atoms with van der Waals surface area (Å²) in [5.74, 6) is -0.698. The Morgan fingerprint density at radius 1 is 1.00 bits per heavy atom. The standard InChI is InChI=1S/C23H24N4O3/c28-16-21(25-22(29)18-14-17-6-4-5-9-20(17)24-15-18)23(30)27-12-10-26(11-13-27)19-7-2-1-3-8-19/h1-9,14-15,21,28H,10-13,16H2,(H,25,29)/t21-/m0/s1. The Morgan fingerprint density at radius 3 is 2.43 bits per heavy atom. The lowest BCUT2D eigenvalue weighted by Crippen LogP contribution is -2.56. The zero-order chi connectivity index (χ0) is 20.9. The molecule has 0 radical (unpaired) electrons. The van der Waals surface area contributed by atoms with Crippen molar-refractivity contribution in [1.29, 1.82) is 0 Å². The molecule has 3 aromatic rings. The van der Waals surface area contributed by atoms with E-state index in [0.717, 1.165) is 16.6 Å². The first kappa shape index (κ1) is 19.8. The number of carbonyl (C=O) groups is 2. The summed E-state index contributed by atoms with van der Waals surface area (Å²) in [6, 6.07) is 18.3. The second-order valence-corrected chi connectivity index (χ2v) is 7.27. The summed E-state index contributed by atoms with van der Waals surface area (Å²) in [7, 11) is 0. The monoisotopic (exact) mass is 404 g/mol. The largest absolute Gasteiger partial charge is 0.394 e. The van der Waals surface area contributed by atoms with Crippen LogP contribution < -0.4 is 10.2 Å². The highest BCUT2D eigenvalue weighted by Crippen LogP contribution is 2.16. The molecular weight excluding hydrogens is 380 g/mol. The van der Waals surface area contributed by atoms with Crippen LogP contribution in [0, 0.1) is 0 Å². The summed E-state index contributed by atoms with van der Waals surface area (Å²) >= 11 is 0. The Labute approximate surface area is 174 Å². The normalized spacial score (nSPS) is 15.1. The zero-order valence-corrected chi connectivity index (χ0v) is 16.6. The maximum Gasteiger partial charge on any atom is 0.253 e. The maximum absolute atomic E-state index is 12.9. The van der Waals surface area contributed by atoms with E-state index in [2.05, 4.69) is 15.2 Å². The molecule has 1 aromatic heterocycles. The van der Waals surface area contributed by atoms with E-state index in [-0.39, 0.29) is 5.91 Å². The van der Waals surface area contributed by atoms with Crippen molar-refractivity contribution in [3.8, 4) is 0 Å². The zero-order valence-electron chi connectivity index (χ0n) is 16.6. The third-order valence-electron chi connectivity index (χ3n) is 5.35. The minimum absolute atomic E-state index is 0.271. The Kier molecular flexibility index (Phi) is 5.90. The van der Waals surface area contributed by atoms with E-state index in [0.29, 0.717) is 31.7 Å². The van der Waals surface area contributed by atoms with Crippen LogP contribution in [0.1, 0.15) is 10.4 Å². The minimum Gasteiger partial charge on any atom is -0.394 e. The summed E-state index contributed by atoms with van der Waals surface area (Å²) in [6.07, 6.45) is 1.48. The van der Waals surface area contributed by atoms with Gasteiger partial charge in [-0.15, -0.1) is 0 Å². The van der Waals surface area contributed by atoms with Gasteiger partial charge in [-0.1, -0.05) is 36.4 Å². The first-order valence-electron chi connectivity index (χ1n) is 10.0. The molecule has 1 fully saturated rings. The molecule has 4 rings (SSSR count). The smallest absolute Gasteiger partial charge is 0.253 e. The van der Waals surface area contributed by atoms with Crippen LogP contribution in [-0.4, -0.2) is 65.6 Å². The summed E-state index contributed by atoms with van der Waals surface area (Å²) in [5, 5.41) is 13.2. The number of nitrogens with one attached hydrogen (secondary N) is 1. The van der Waals surface area contributed by atoms with E-state index < -0.39 is 18.6 Å². The number of hydrogen-bond donors (Lipinski definition) is 2. The van der Waals surface area contributed by atoms with Crippen molar-refractivity contribution in [1.82, 2.24) is 15.2 Å². The van der Waals surface area contributed by atoms with Gasteiger partial charge in [-0.2, -0.15) is 0 Å². The van der Waals surface area contributed by atoms with Crippen LogP contribution in [0.3, 0.4) is 0 Å². The van der Waals surface area contributed by atoms with Crippen molar-refractivity contribution in [2.24, 2.45) is 0 Å². The van der Waals surface area contributed by atoms with Crippen molar-refractivity contribution in [2.45, 2.75) is 6.04 Å². The fourth-order valence-electron chi connectivity index (χ4n) is 3.67. The molecule has 1 saturated heterocycles. The molecular formula is C23H24N4O3. The number of aliphatic hydroxyl groups is 1. The third kappa shape index (κ3) is 4.26. The van der Waals surface area contributed by atoms with Crippen LogP contribution in [0.15, 0.2) is 66.9 Å². The number of anilines is 1. The third-order valence-corrected chi connectivity index (χ3v) is 5.35. The molecule has 0 unspecified atom stereocenters. The molecule has 1 aliphatic heterocycles. The second-order valence-electron chi connectivity index (χ2n) is 7.27. The van der Waals surface area contributed by atoms with Gasteiger partial charge in [0.1, 0.15) is 6.04 Å². The molecule has 2 amide bonds. The van der Waals surface area contributed by atoms with E-state index in [1.165, 1.54) is 6.20 Å². The van der Waals surface area contributed by atoms with Gasteiger partial charge in [-0.25, -0.2) is 0 Å². The number of carbonyl (C=O) groups excluding carboxylic acids is 2. The van der Waals surface area contributed by atoms with Crippen LogP contribution in [0.4, 0.5) is 5.69 Å². The number of aliphatic hydroxyl groups excluding tert-OH is 1. The van der Waals surface area contributed by atoms with E-state index in [1.807, 2.05) is 54.6 Å². The molecule has 30 heavy (non-hydrogen) atoms. The van der Waals surface area contributed by atoms with Gasteiger partial charge < -0.3 is 20.2 Å². The molecule has 1 atom stereocenters. The number of aromatic nitrogens is 1. The summed E-state index contributed by atoms with van der Waals surface area (Å²) in [6.45, 7) is 2.03. The highest BCUT2D eigenvalue weighted by atomic mass is 16.3. The Hall–Kier alpha value is -3.45. The number of nitrogens with zero attached hydrogens (tertiary/aromatic N) is 3. The fourth-order valence-corrected chi connectivity index (χ4v) is 3.67. The summed E-state index contributed by atoms with van der Waals surface area (Å²) in [5.41, 5.74) is 2.27. The summed E-state index contributed by atoms with van der Waals surface area (Å²) < 4.78 is 0. The fraction of sp³-hybridized carbons (Fsp3) is 0.261. The Morgan fingerprint density at radius 2 is 1.70 bits per heavy atom. The number of hydrogen-bond acceptors (Lipinski definition) is 5. The van der Waals surface area contributed by atoms with Gasteiger partial charge >= 0.3 is 0 Å². The van der Waals surface area contributed by atoms with Crippen LogP contribution in [0.2, 0.25) is 0 Å². The van der Waals surface area contributed by atoms with Gasteiger partial charge in [0, 0.05) is 43.4 Å². The molecule has 2 N–H and O–H groups in total. The van der Waals surface area contributed by atoms with E-state index >= 15 is 0 Å². The molecule has 7 heteroatoms. The quantitative estimate of drug-likeness (QED) is 0.676. The Balaban J connectivity index is 1.38. The van der Waals surface area contributed by atoms with E-state index in [1.54, 1.807) is 11.0 Å². The highest BCUT2D eigenvalue weighted by molar-refractivity contribution is 5.99. The molecule has 0 spiro atoms. The van der Waals surface area contributed by atoms with Gasteiger partial charge in [-0.05, 0) is 24.3 Å². The van der Waals surface area contributed by atoms with Crippen molar-refractivity contribution in [3.05, 3.63) is 72.4 Å². The molecule has 7 nitrogen and oxygen atoms in total. The lowest BCUT2D eigenvalue weighted by atomic mass is 10.1. The number of rotatable bonds is 5. The summed E-state index contributed by atoms with van der Waals surface area (Å²) in [4.78, 5) is 33.7. The molecule has 0 saturated carbocycles. The average molecular weight is 404 g/mol. The van der Waals surface area contributed by atoms with Crippen molar-refractivity contribution < 1.29 is 14.7 Å². The van der Waals surface area contributed by atoms with Gasteiger partial charge in [-0.3, -0.25) is 14.6 Å². The Bertz CT molecular complexity index is 1030. The lowest BCUT2D eigenvalue weighted by molar-refractivity contribution is -0.134. The van der Waals surface area contributed by atoms with Gasteiger partial charge in [0.15, 0.2) is 0 Å². The molecule has 1 aliphatic rings. The maximum atomic E-state index is 12.9. The number of para-hydroxylation sites is 2. The lowest BCUT2D eigenvalue weighted by Gasteiger charge is -2.37. The predicted octanol–water partition coefficient (Wildman–Crippen LogP) is 1.67. The van der Waals surface area contributed by atoms with Gasteiger partial charge in [0.25, 0.3) is 5.91 Å². The van der Waals surface area contributed by atoms with E-state index in [4.69, 9.17) is 0 Å². The van der Waals surface area contributed by atoms with Crippen molar-refractivity contribution >= 4 is 28.4 Å². The number of fused-ring (bicyclic) bond motifs is 1. The molecule has 2 aromatic carbocycles. The number of amides is 2. The first-order valence-corrected chi connectivity index (χ1v) is 10.0. The highest BCUT2D eigenvalue weighted by Gasteiger charge is 2.28. The molecule has 0 bridgehead atoms. The van der Waals surface area contributed by atoms with E-state index in [9.17, 15) is 14.7 Å². The van der Waals surface area contributed by atoms with Crippen LogP contribution >= 0.6 is 0 Å². The van der Waals surface area contributed by atoms with Crippen LogP contribution in [0.5, 0.6) is 0 Å². The van der Waals surface area contributed by atoms with Crippen molar-refractivity contribution in [2.75, 3.05) is 37.7 Å². The van der Waals surface area contributed by atoms with Crippen molar-refractivity contribution in [3.63, 3.8) is 0 Å². The number of benzene rings is 2. The van der Waals surface area contributed by atoms with Crippen LogP contribution in [-0.2, 0) is 4.79 Å². The first-order chi connectivity index (χ1) is 14.7. The minimum atomic E-state index is -0.979.